The predicted octanol–water partition coefficient (Wildman–Crippen LogP) is 3.79. The van der Waals surface area contributed by atoms with E-state index in [-0.39, 0.29) is 0 Å². The van der Waals surface area contributed by atoms with Crippen molar-refractivity contribution >= 4 is 11.8 Å². The number of rotatable bonds is 7. The molecule has 1 N–H and O–H groups in total. The molecule has 16 heavy (non-hydrogen) atoms. The Labute approximate surface area is 106 Å². The first-order valence-electron chi connectivity index (χ1n) is 7.00. The number of thioether (sulfide) groups is 1. The predicted molar refractivity (Wildman–Crippen MR) is 76.2 cm³/mol. The minimum absolute atomic E-state index is 0.952. The van der Waals surface area contributed by atoms with Crippen molar-refractivity contribution in [1.29, 1.82) is 0 Å². The maximum atomic E-state index is 3.38. The van der Waals surface area contributed by atoms with Crippen LogP contribution in [0.1, 0.15) is 46.0 Å². The Bertz CT molecular complexity index is 172. The molecule has 0 bridgehead atoms. The van der Waals surface area contributed by atoms with E-state index in [1.54, 1.807) is 0 Å². The first-order chi connectivity index (χ1) is 7.77. The van der Waals surface area contributed by atoms with Gasteiger partial charge in [-0.25, -0.2) is 0 Å². The summed E-state index contributed by atoms with van der Waals surface area (Å²) in [5.74, 6) is 5.56. The molecule has 1 rings (SSSR count). The van der Waals surface area contributed by atoms with Gasteiger partial charge in [0.05, 0.1) is 0 Å². The first-order valence-corrected chi connectivity index (χ1v) is 8.15. The maximum Gasteiger partial charge on any atom is -0.00209 e. The van der Waals surface area contributed by atoms with E-state index in [0.717, 1.165) is 17.8 Å². The van der Waals surface area contributed by atoms with Gasteiger partial charge in [-0.2, -0.15) is 11.8 Å². The highest BCUT2D eigenvalue weighted by molar-refractivity contribution is 7.99. The lowest BCUT2D eigenvalue weighted by atomic mass is 9.73. The first kappa shape index (κ1) is 14.4. The molecule has 1 aliphatic rings. The zero-order chi connectivity index (χ0) is 11.8. The molecule has 0 heterocycles. The Balaban J connectivity index is 2.26. The molecule has 1 saturated carbocycles. The Morgan fingerprint density at radius 3 is 2.75 bits per heavy atom. The monoisotopic (exact) mass is 243 g/mol. The summed E-state index contributed by atoms with van der Waals surface area (Å²) in [6.45, 7) is 5.93. The second-order valence-corrected chi connectivity index (χ2v) is 6.73. The second-order valence-electron chi connectivity index (χ2n) is 5.34. The van der Waals surface area contributed by atoms with Crippen LogP contribution in [-0.2, 0) is 0 Å². The SMILES string of the molecule is CCSCCCC1CC(C)CCC1CNC. The molecule has 0 aromatic carbocycles. The zero-order valence-electron chi connectivity index (χ0n) is 11.3. The Kier molecular flexibility index (Phi) is 7.55. The molecular formula is C14H29NS. The van der Waals surface area contributed by atoms with Crippen LogP contribution in [0.25, 0.3) is 0 Å². The van der Waals surface area contributed by atoms with Gasteiger partial charge in [-0.05, 0) is 68.5 Å². The van der Waals surface area contributed by atoms with Crippen LogP contribution in [0, 0.1) is 17.8 Å². The van der Waals surface area contributed by atoms with Crippen molar-refractivity contribution in [2.45, 2.75) is 46.0 Å². The van der Waals surface area contributed by atoms with Crippen LogP contribution >= 0.6 is 11.8 Å². The summed E-state index contributed by atoms with van der Waals surface area (Å²) in [4.78, 5) is 0. The number of hydrogen-bond acceptors (Lipinski definition) is 2. The fraction of sp³-hybridized carbons (Fsp3) is 1.00. The lowest BCUT2D eigenvalue weighted by Gasteiger charge is -2.35. The molecule has 3 unspecified atom stereocenters. The molecule has 0 radical (unpaired) electrons. The van der Waals surface area contributed by atoms with Gasteiger partial charge in [0.15, 0.2) is 0 Å². The summed E-state index contributed by atoms with van der Waals surface area (Å²) in [6.07, 6.45) is 7.27. The fourth-order valence-corrected chi connectivity index (χ4v) is 3.70. The van der Waals surface area contributed by atoms with Crippen molar-refractivity contribution in [2.24, 2.45) is 17.8 Å². The summed E-state index contributed by atoms with van der Waals surface area (Å²) < 4.78 is 0. The van der Waals surface area contributed by atoms with E-state index >= 15 is 0 Å². The Morgan fingerprint density at radius 1 is 1.25 bits per heavy atom. The lowest BCUT2D eigenvalue weighted by Crippen LogP contribution is -2.31. The Hall–Kier alpha value is 0.310. The maximum absolute atomic E-state index is 3.38. The van der Waals surface area contributed by atoms with E-state index in [1.165, 1.54) is 50.2 Å². The van der Waals surface area contributed by atoms with Crippen LogP contribution in [0.2, 0.25) is 0 Å². The molecule has 0 aromatic heterocycles. The van der Waals surface area contributed by atoms with Gasteiger partial charge in [-0.3, -0.25) is 0 Å². The number of nitrogens with one attached hydrogen (secondary N) is 1. The minimum Gasteiger partial charge on any atom is -0.319 e. The van der Waals surface area contributed by atoms with Gasteiger partial charge in [-0.1, -0.05) is 20.3 Å². The quantitative estimate of drug-likeness (QED) is 0.683. The highest BCUT2D eigenvalue weighted by Gasteiger charge is 2.27. The van der Waals surface area contributed by atoms with E-state index in [2.05, 4.69) is 38.0 Å². The van der Waals surface area contributed by atoms with Crippen LogP contribution in [0.4, 0.5) is 0 Å². The smallest absolute Gasteiger partial charge is 0.00209 e. The van der Waals surface area contributed by atoms with Crippen LogP contribution in [0.3, 0.4) is 0 Å². The largest absolute Gasteiger partial charge is 0.319 e. The third-order valence-corrected chi connectivity index (χ3v) is 4.92. The molecule has 1 nitrogen and oxygen atoms in total. The molecular weight excluding hydrogens is 214 g/mol. The van der Waals surface area contributed by atoms with Gasteiger partial charge in [0, 0.05) is 0 Å². The minimum atomic E-state index is 0.952. The van der Waals surface area contributed by atoms with E-state index in [1.807, 2.05) is 0 Å². The third-order valence-electron chi connectivity index (χ3n) is 3.94. The normalized spacial score (nSPS) is 30.6. The van der Waals surface area contributed by atoms with Crippen molar-refractivity contribution in [3.8, 4) is 0 Å². The summed E-state index contributed by atoms with van der Waals surface area (Å²) in [7, 11) is 2.10. The summed E-state index contributed by atoms with van der Waals surface area (Å²) >= 11 is 2.10. The Morgan fingerprint density at radius 2 is 2.06 bits per heavy atom. The van der Waals surface area contributed by atoms with Crippen molar-refractivity contribution in [1.82, 2.24) is 5.32 Å². The zero-order valence-corrected chi connectivity index (χ0v) is 12.1. The van der Waals surface area contributed by atoms with E-state index in [0.29, 0.717) is 0 Å². The van der Waals surface area contributed by atoms with Gasteiger partial charge in [0.2, 0.25) is 0 Å². The highest BCUT2D eigenvalue weighted by atomic mass is 32.2. The lowest BCUT2D eigenvalue weighted by molar-refractivity contribution is 0.176. The van der Waals surface area contributed by atoms with Crippen molar-refractivity contribution in [3.05, 3.63) is 0 Å². The average Bonchev–Trinajstić information content (AvgIpc) is 2.28. The molecule has 3 atom stereocenters. The van der Waals surface area contributed by atoms with Crippen LogP contribution in [0.5, 0.6) is 0 Å². The molecule has 2 heteroatoms. The fourth-order valence-electron chi connectivity index (χ4n) is 3.04. The van der Waals surface area contributed by atoms with Crippen LogP contribution in [-0.4, -0.2) is 25.1 Å². The van der Waals surface area contributed by atoms with Crippen molar-refractivity contribution < 1.29 is 0 Å². The molecule has 1 aliphatic carbocycles. The summed E-state index contributed by atoms with van der Waals surface area (Å²) in [6, 6.07) is 0. The summed E-state index contributed by atoms with van der Waals surface area (Å²) in [5, 5.41) is 3.38. The molecule has 0 amide bonds. The number of hydrogen-bond donors (Lipinski definition) is 1. The van der Waals surface area contributed by atoms with Gasteiger partial charge >= 0.3 is 0 Å². The van der Waals surface area contributed by atoms with Gasteiger partial charge in [0.25, 0.3) is 0 Å². The van der Waals surface area contributed by atoms with Gasteiger partial charge < -0.3 is 5.32 Å². The average molecular weight is 243 g/mol. The molecule has 0 aromatic rings. The van der Waals surface area contributed by atoms with Crippen molar-refractivity contribution in [3.63, 3.8) is 0 Å². The topological polar surface area (TPSA) is 12.0 Å². The second kappa shape index (κ2) is 8.41. The van der Waals surface area contributed by atoms with E-state index in [9.17, 15) is 0 Å². The molecule has 0 saturated heterocycles. The van der Waals surface area contributed by atoms with Gasteiger partial charge in [-0.15, -0.1) is 0 Å². The van der Waals surface area contributed by atoms with Crippen molar-refractivity contribution in [2.75, 3.05) is 25.1 Å². The van der Waals surface area contributed by atoms with Crippen LogP contribution < -0.4 is 5.32 Å². The molecule has 96 valence electrons. The third kappa shape index (κ3) is 5.09. The molecule has 0 aliphatic heterocycles. The standard InChI is InChI=1S/C14H29NS/c1-4-16-9-5-6-13-10-12(2)7-8-14(13)11-15-3/h12-15H,4-11H2,1-3H3. The molecule has 0 spiro atoms. The summed E-state index contributed by atoms with van der Waals surface area (Å²) in [5.41, 5.74) is 0. The molecule has 1 fully saturated rings. The van der Waals surface area contributed by atoms with Crippen LogP contribution in [0.15, 0.2) is 0 Å². The highest BCUT2D eigenvalue weighted by Crippen LogP contribution is 2.36. The van der Waals surface area contributed by atoms with E-state index < -0.39 is 0 Å². The van der Waals surface area contributed by atoms with Gasteiger partial charge in [0.1, 0.15) is 0 Å². The van der Waals surface area contributed by atoms with E-state index in [4.69, 9.17) is 0 Å².